The van der Waals surface area contributed by atoms with Crippen molar-refractivity contribution in [2.75, 3.05) is 54.6 Å². The molecule has 1 atom stereocenters. The highest BCUT2D eigenvalue weighted by Crippen LogP contribution is 2.40. The van der Waals surface area contributed by atoms with E-state index in [4.69, 9.17) is 21.1 Å². The van der Waals surface area contributed by atoms with Crippen LogP contribution in [-0.2, 0) is 19.6 Å². The third kappa shape index (κ3) is 9.16. The van der Waals surface area contributed by atoms with Crippen LogP contribution in [0.2, 0.25) is 5.02 Å². The van der Waals surface area contributed by atoms with E-state index in [0.29, 0.717) is 41.3 Å². The van der Waals surface area contributed by atoms with Crippen molar-refractivity contribution >= 4 is 27.5 Å². The van der Waals surface area contributed by atoms with Gasteiger partial charge >= 0.3 is 0 Å². The number of carbonyl (C=O) groups is 1. The van der Waals surface area contributed by atoms with Gasteiger partial charge in [-0.05, 0) is 100.0 Å². The fourth-order valence-corrected chi connectivity index (χ4v) is 7.66. The summed E-state index contributed by atoms with van der Waals surface area (Å²) in [6.45, 7) is 4.31. The maximum atomic E-state index is 13.1. The lowest BCUT2D eigenvalue weighted by Gasteiger charge is -2.37. The molecule has 0 heterocycles. The van der Waals surface area contributed by atoms with E-state index in [2.05, 4.69) is 36.4 Å². The van der Waals surface area contributed by atoms with Crippen LogP contribution in [0, 0.1) is 25.7 Å². The van der Waals surface area contributed by atoms with Crippen LogP contribution in [0.1, 0.15) is 54.8 Å². The molecule has 0 spiro atoms. The third-order valence-electron chi connectivity index (χ3n) is 8.10. The summed E-state index contributed by atoms with van der Waals surface area (Å²) in [5, 5.41) is 3.72. The molecule has 0 saturated heterocycles. The number of carbonyl (C=O) groups excluding carboxylic acids is 1. The average molecular weight is 608 g/mol. The van der Waals surface area contributed by atoms with Gasteiger partial charge in [0.25, 0.3) is 0 Å². The first-order chi connectivity index (χ1) is 19.4. The quantitative estimate of drug-likeness (QED) is 0.296. The van der Waals surface area contributed by atoms with E-state index in [-0.39, 0.29) is 30.6 Å². The molecule has 1 amide bonds. The summed E-state index contributed by atoms with van der Waals surface area (Å²) in [5.74, 6) is 1.64. The number of rotatable bonds is 14. The van der Waals surface area contributed by atoms with E-state index in [9.17, 15) is 13.2 Å². The van der Waals surface area contributed by atoms with Gasteiger partial charge in [-0.25, -0.2) is 8.42 Å². The Morgan fingerprint density at radius 1 is 1.05 bits per heavy atom. The molecule has 1 N–H and O–H groups in total. The molecule has 1 fully saturated rings. The second kappa shape index (κ2) is 15.3. The highest BCUT2D eigenvalue weighted by Gasteiger charge is 2.30. The molecule has 0 radical (unpaired) electrons. The molecule has 0 aliphatic heterocycles. The second-order valence-electron chi connectivity index (χ2n) is 11.3. The first-order valence-corrected chi connectivity index (χ1v) is 16.1. The molecule has 2 aromatic rings. The monoisotopic (exact) mass is 607 g/mol. The molecule has 1 unspecified atom stereocenters. The van der Waals surface area contributed by atoms with E-state index in [1.807, 2.05) is 12.1 Å². The molecule has 1 aliphatic rings. The summed E-state index contributed by atoms with van der Waals surface area (Å²) in [6, 6.07) is 12.0. The molecule has 3 rings (SSSR count). The van der Waals surface area contributed by atoms with Gasteiger partial charge in [-0.2, -0.15) is 4.31 Å². The zero-order chi connectivity index (χ0) is 30.2. The van der Waals surface area contributed by atoms with Crippen LogP contribution in [0.15, 0.2) is 41.3 Å². The Morgan fingerprint density at radius 3 is 2.22 bits per heavy atom. The first-order valence-electron chi connectivity index (χ1n) is 14.3. The van der Waals surface area contributed by atoms with Crippen LogP contribution in [0.5, 0.6) is 5.75 Å². The third-order valence-corrected chi connectivity index (χ3v) is 10.5. The van der Waals surface area contributed by atoms with E-state index < -0.39 is 10.0 Å². The zero-order valence-corrected chi connectivity index (χ0v) is 26.9. The first kappa shape index (κ1) is 33.3. The Balaban J connectivity index is 1.35. The van der Waals surface area contributed by atoms with Crippen molar-refractivity contribution in [2.45, 2.75) is 56.9 Å². The maximum absolute atomic E-state index is 13.1. The van der Waals surface area contributed by atoms with Crippen LogP contribution in [-0.4, -0.2) is 78.1 Å². The van der Waals surface area contributed by atoms with Gasteiger partial charge in [0.15, 0.2) is 0 Å². The van der Waals surface area contributed by atoms with E-state index in [0.717, 1.165) is 24.3 Å². The summed E-state index contributed by atoms with van der Waals surface area (Å²) in [7, 11) is 3.66. The largest absolute Gasteiger partial charge is 0.497 e. The lowest BCUT2D eigenvalue weighted by atomic mass is 9.75. The molecular formula is C31H46ClN3O5S. The Morgan fingerprint density at radius 2 is 1.66 bits per heavy atom. The number of nitrogens with one attached hydrogen (secondary N) is 1. The number of benzene rings is 2. The van der Waals surface area contributed by atoms with Gasteiger partial charge in [0.2, 0.25) is 15.9 Å². The van der Waals surface area contributed by atoms with Gasteiger partial charge in [0.1, 0.15) is 12.4 Å². The lowest BCUT2D eigenvalue weighted by molar-refractivity contribution is -0.125. The van der Waals surface area contributed by atoms with Crippen LogP contribution in [0.4, 0.5) is 0 Å². The number of halogens is 1. The second-order valence-corrected chi connectivity index (χ2v) is 13.8. The van der Waals surface area contributed by atoms with Gasteiger partial charge in [-0.15, -0.1) is 0 Å². The van der Waals surface area contributed by atoms with Crippen molar-refractivity contribution in [1.29, 1.82) is 0 Å². The van der Waals surface area contributed by atoms with Crippen molar-refractivity contribution in [1.82, 2.24) is 14.5 Å². The van der Waals surface area contributed by atoms with Crippen LogP contribution in [0.25, 0.3) is 0 Å². The minimum Gasteiger partial charge on any atom is -0.497 e. The average Bonchev–Trinajstić information content (AvgIpc) is 2.92. The molecule has 228 valence electrons. The maximum Gasteiger partial charge on any atom is 0.245 e. The number of amides is 1. The number of hydrogen-bond acceptors (Lipinski definition) is 6. The minimum atomic E-state index is -3.70. The van der Waals surface area contributed by atoms with Crippen molar-refractivity contribution < 1.29 is 22.7 Å². The topological polar surface area (TPSA) is 88.2 Å². The fraction of sp³-hybridized carbons (Fsp3) is 0.581. The van der Waals surface area contributed by atoms with Gasteiger partial charge in [0.05, 0.1) is 18.6 Å². The van der Waals surface area contributed by atoms with Gasteiger partial charge in [-0.3, -0.25) is 4.79 Å². The lowest BCUT2D eigenvalue weighted by Crippen LogP contribution is -2.34. The number of hydrogen-bond donors (Lipinski definition) is 1. The van der Waals surface area contributed by atoms with Gasteiger partial charge < -0.3 is 19.7 Å². The Kier molecular flexibility index (Phi) is 12.5. The van der Waals surface area contributed by atoms with E-state index in [1.165, 1.54) is 29.8 Å². The molecule has 0 aromatic heterocycles. The molecule has 1 saturated carbocycles. The molecule has 10 heteroatoms. The number of ether oxygens (including phenoxy) is 2. The zero-order valence-electron chi connectivity index (χ0n) is 25.3. The number of sulfonamides is 1. The van der Waals surface area contributed by atoms with Gasteiger partial charge in [0, 0.05) is 31.2 Å². The molecule has 2 aromatic carbocycles. The number of nitrogens with zero attached hydrogens (tertiary/aromatic N) is 2. The summed E-state index contributed by atoms with van der Waals surface area (Å²) in [4.78, 5) is 14.9. The standard InChI is InChI=1S/C31H46ClN3O5S/c1-22-19-28(39-6)20-23(2)31(22)41(37,38)35(5)17-18-40-21-29(36)33-16-15-24-7-9-25(10-8-24)30(34(3)4)26-11-13-27(32)14-12-26/h11-14,19-20,24-25,30H,7-10,15-18,21H2,1-6H3,(H,33,36). The highest BCUT2D eigenvalue weighted by atomic mass is 35.5. The molecule has 8 nitrogen and oxygen atoms in total. The highest BCUT2D eigenvalue weighted by molar-refractivity contribution is 7.89. The molecule has 41 heavy (non-hydrogen) atoms. The predicted octanol–water partition coefficient (Wildman–Crippen LogP) is 5.22. The van der Waals surface area contributed by atoms with E-state index in [1.54, 1.807) is 33.1 Å². The van der Waals surface area contributed by atoms with Gasteiger partial charge in [-0.1, -0.05) is 36.6 Å². The Labute approximate surface area is 251 Å². The molecule has 1 aliphatic carbocycles. The molecule has 0 bridgehead atoms. The summed E-state index contributed by atoms with van der Waals surface area (Å²) in [6.07, 6.45) is 5.60. The number of aryl methyl sites for hydroxylation is 2. The summed E-state index contributed by atoms with van der Waals surface area (Å²) >= 11 is 6.10. The molecular weight excluding hydrogens is 562 g/mol. The Hall–Kier alpha value is -2.17. The van der Waals surface area contributed by atoms with E-state index >= 15 is 0 Å². The fourth-order valence-electron chi connectivity index (χ4n) is 5.98. The van der Waals surface area contributed by atoms with Crippen LogP contribution >= 0.6 is 11.6 Å². The van der Waals surface area contributed by atoms with Crippen LogP contribution in [0.3, 0.4) is 0 Å². The normalized spacial score (nSPS) is 18.5. The SMILES string of the molecule is COc1cc(C)c(S(=O)(=O)N(C)CCOCC(=O)NCCC2CCC(C(c3ccc(Cl)cc3)N(C)C)CC2)c(C)c1. The Bertz CT molecular complexity index is 1220. The smallest absolute Gasteiger partial charge is 0.245 e. The summed E-state index contributed by atoms with van der Waals surface area (Å²) in [5.41, 5.74) is 2.56. The van der Waals surface area contributed by atoms with Crippen molar-refractivity contribution in [3.63, 3.8) is 0 Å². The summed E-state index contributed by atoms with van der Waals surface area (Å²) < 4.78 is 38.2. The van der Waals surface area contributed by atoms with Crippen molar-refractivity contribution in [2.24, 2.45) is 11.8 Å². The number of likely N-dealkylation sites (N-methyl/N-ethyl adjacent to an activating group) is 1. The van der Waals surface area contributed by atoms with Crippen LogP contribution < -0.4 is 10.1 Å². The van der Waals surface area contributed by atoms with Crippen molar-refractivity contribution in [3.05, 3.63) is 58.1 Å². The minimum absolute atomic E-state index is 0.0904. The predicted molar refractivity (Wildman–Crippen MR) is 164 cm³/mol. The number of methoxy groups -OCH3 is 1. The van der Waals surface area contributed by atoms with Crippen molar-refractivity contribution in [3.8, 4) is 5.75 Å².